The summed E-state index contributed by atoms with van der Waals surface area (Å²) >= 11 is 17.5. The first-order valence-corrected chi connectivity index (χ1v) is 11.7. The van der Waals surface area contributed by atoms with Crippen molar-refractivity contribution < 1.29 is 30.8 Å². The van der Waals surface area contributed by atoms with Crippen LogP contribution in [0.25, 0.3) is 11.2 Å². The van der Waals surface area contributed by atoms with Gasteiger partial charge in [-0.25, -0.2) is 23.2 Å². The van der Waals surface area contributed by atoms with Gasteiger partial charge in [0.15, 0.2) is 11.2 Å². The lowest BCUT2D eigenvalue weighted by molar-refractivity contribution is -0.137. The van der Waals surface area contributed by atoms with Gasteiger partial charge in [-0.15, -0.1) is 0 Å². The highest BCUT2D eigenvalue weighted by atomic mass is 35.5. The number of pyridine rings is 2. The molecule has 0 amide bonds. The molecular weight excluding hydrogens is 560 g/mol. The first kappa shape index (κ1) is 25.0. The van der Waals surface area contributed by atoms with Crippen LogP contribution < -0.4 is 10.5 Å². The number of oxazole rings is 1. The molecule has 4 aromatic rings. The number of rotatable bonds is 5. The average Bonchev–Trinajstić information content (AvgIpc) is 3.12. The van der Waals surface area contributed by atoms with E-state index in [0.717, 1.165) is 30.6 Å². The molecule has 182 valence electrons. The first-order chi connectivity index (χ1) is 16.3. The monoisotopic (exact) mass is 566 g/mol. The lowest BCUT2D eigenvalue weighted by atomic mass is 10.1. The quantitative estimate of drug-likeness (QED) is 0.327. The number of halogens is 6. The summed E-state index contributed by atoms with van der Waals surface area (Å²) in [6.45, 7) is 0. The van der Waals surface area contributed by atoms with Gasteiger partial charge >= 0.3 is 11.9 Å². The van der Waals surface area contributed by atoms with Crippen molar-refractivity contribution >= 4 is 67.5 Å². The highest BCUT2D eigenvalue weighted by Gasteiger charge is 2.35. The molecule has 0 fully saturated rings. The van der Waals surface area contributed by atoms with Gasteiger partial charge in [0.05, 0.1) is 36.8 Å². The molecule has 0 atom stereocenters. The van der Waals surface area contributed by atoms with Crippen molar-refractivity contribution in [1.29, 1.82) is 0 Å². The Kier molecular flexibility index (Phi) is 6.30. The van der Waals surface area contributed by atoms with Crippen LogP contribution in [0.3, 0.4) is 0 Å². The van der Waals surface area contributed by atoms with Crippen molar-refractivity contribution in [2.24, 2.45) is 0 Å². The highest BCUT2D eigenvalue weighted by Crippen LogP contribution is 2.36. The number of alkyl halides is 3. The van der Waals surface area contributed by atoms with Gasteiger partial charge in [0, 0.05) is 12.4 Å². The zero-order valence-corrected chi connectivity index (χ0v) is 19.7. The van der Waals surface area contributed by atoms with Crippen LogP contribution in [0.2, 0.25) is 15.1 Å². The molecule has 9 nitrogen and oxygen atoms in total. The zero-order valence-electron chi connectivity index (χ0n) is 16.6. The Bertz CT molecular complexity index is 1670. The number of carbonyl (C=O) groups excluding carboxylic acids is 1. The van der Waals surface area contributed by atoms with Crippen LogP contribution in [-0.4, -0.2) is 29.2 Å². The van der Waals surface area contributed by atoms with E-state index in [2.05, 4.69) is 15.0 Å². The average molecular weight is 568 g/mol. The van der Waals surface area contributed by atoms with Crippen LogP contribution in [0, 0.1) is 0 Å². The third-order valence-electron chi connectivity index (χ3n) is 4.50. The molecule has 2 N–H and O–H groups in total. The Morgan fingerprint density at radius 3 is 2.46 bits per heavy atom. The van der Waals surface area contributed by atoms with Gasteiger partial charge in [0.2, 0.25) is 5.78 Å². The molecule has 0 aliphatic rings. The number of hydrogen-bond acceptors (Lipinski definition) is 7. The fourth-order valence-electron chi connectivity index (χ4n) is 3.00. The van der Waals surface area contributed by atoms with E-state index in [9.17, 15) is 31.2 Å². The minimum Gasteiger partial charge on any atom is -0.405 e. The summed E-state index contributed by atoms with van der Waals surface area (Å²) in [5, 5.41) is -1.06. The largest absolute Gasteiger partial charge is 0.418 e. The molecule has 3 aromatic heterocycles. The Balaban J connectivity index is 1.82. The topological polar surface area (TPSA) is 135 Å². The summed E-state index contributed by atoms with van der Waals surface area (Å²) < 4.78 is 72.3. The number of benzene rings is 1. The van der Waals surface area contributed by atoms with Crippen molar-refractivity contribution in [2.45, 2.75) is 11.1 Å². The van der Waals surface area contributed by atoms with E-state index < -0.39 is 54.6 Å². The van der Waals surface area contributed by atoms with Crippen LogP contribution in [-0.2, 0) is 16.2 Å². The van der Waals surface area contributed by atoms with E-state index >= 15 is 0 Å². The van der Waals surface area contributed by atoms with Crippen LogP contribution >= 0.6 is 34.8 Å². The van der Waals surface area contributed by atoms with Crippen LogP contribution in [0.1, 0.15) is 21.6 Å². The van der Waals surface area contributed by atoms with E-state index in [4.69, 9.17) is 39.2 Å². The number of carbonyl (C=O) groups is 1. The molecule has 0 saturated heterocycles. The number of aromatic nitrogens is 3. The van der Waals surface area contributed by atoms with E-state index in [1.54, 1.807) is 0 Å². The van der Waals surface area contributed by atoms with E-state index in [1.807, 2.05) is 4.72 Å². The minimum atomic E-state index is -4.93. The van der Waals surface area contributed by atoms with Crippen molar-refractivity contribution in [2.75, 3.05) is 4.72 Å². The maximum atomic E-state index is 13.3. The number of anilines is 1. The number of nitrogens with one attached hydrogen (secondary N) is 2. The molecule has 16 heteroatoms. The number of aromatic amines is 1. The lowest BCUT2D eigenvalue weighted by Crippen LogP contribution is -2.18. The van der Waals surface area contributed by atoms with E-state index in [-0.39, 0.29) is 26.8 Å². The Morgan fingerprint density at radius 2 is 1.77 bits per heavy atom. The molecule has 0 aliphatic carbocycles. The summed E-state index contributed by atoms with van der Waals surface area (Å²) in [7, 11) is -4.70. The van der Waals surface area contributed by atoms with Crippen LogP contribution in [0.15, 0.2) is 50.8 Å². The molecule has 0 spiro atoms. The second-order valence-corrected chi connectivity index (χ2v) is 9.73. The molecular formula is C19H8Cl3F3N4O5S. The Hall–Kier alpha value is -3.13. The fraction of sp³-hybridized carbons (Fsp3) is 0.0526. The number of nitrogens with zero attached hydrogens (tertiary/aromatic N) is 2. The number of hydrogen-bond donors (Lipinski definition) is 2. The van der Waals surface area contributed by atoms with Gasteiger partial charge < -0.3 is 4.42 Å². The van der Waals surface area contributed by atoms with E-state index in [1.165, 1.54) is 0 Å². The molecule has 3 heterocycles. The van der Waals surface area contributed by atoms with E-state index in [0.29, 0.717) is 6.07 Å². The molecule has 4 rings (SSSR count). The maximum absolute atomic E-state index is 13.3. The van der Waals surface area contributed by atoms with Crippen molar-refractivity contribution in [3.05, 3.63) is 79.1 Å². The van der Waals surface area contributed by atoms with Gasteiger partial charge in [-0.05, 0) is 24.3 Å². The summed E-state index contributed by atoms with van der Waals surface area (Å²) in [6, 6.07) is 2.96. The lowest BCUT2D eigenvalue weighted by Gasteiger charge is -2.14. The van der Waals surface area contributed by atoms with Crippen molar-refractivity contribution in [1.82, 2.24) is 15.0 Å². The second kappa shape index (κ2) is 8.82. The first-order valence-electron chi connectivity index (χ1n) is 9.05. The van der Waals surface area contributed by atoms with Crippen LogP contribution in [0.4, 0.5) is 18.9 Å². The smallest absolute Gasteiger partial charge is 0.405 e. The zero-order chi connectivity index (χ0) is 25.7. The Labute approximate surface area is 207 Å². The SMILES string of the molecule is O=C(c1ncc(Cl)cc1NS(=O)(=O)c1ccc(Cl)c(C(F)(F)F)c1)c1c(Cl)cnc2[nH]c(=O)oc12. The van der Waals surface area contributed by atoms with Gasteiger partial charge in [-0.1, -0.05) is 34.8 Å². The maximum Gasteiger partial charge on any atom is 0.418 e. The van der Waals surface area contributed by atoms with Gasteiger partial charge in [-0.2, -0.15) is 13.2 Å². The summed E-state index contributed by atoms with van der Waals surface area (Å²) in [4.78, 5) is 33.9. The fourth-order valence-corrected chi connectivity index (χ4v) is 4.68. The van der Waals surface area contributed by atoms with Crippen molar-refractivity contribution in [3.63, 3.8) is 0 Å². The standard InChI is InChI=1S/C19H8Cl3F3N4O5S/c20-7-3-12(29-35(32,33)8-1-2-10(21)9(4-8)19(23,24)25)14(26-5-7)15(30)13-11(22)6-27-17-16(13)34-18(31)28-17/h1-6,29H,(H,27,28,31). The second-order valence-electron chi connectivity index (χ2n) is 6.80. The number of ketones is 1. The number of fused-ring (bicyclic) bond motifs is 1. The van der Waals surface area contributed by atoms with Gasteiger partial charge in [-0.3, -0.25) is 14.5 Å². The molecule has 0 aliphatic heterocycles. The molecule has 0 radical (unpaired) electrons. The summed E-state index contributed by atoms with van der Waals surface area (Å²) in [6.07, 6.45) is -2.85. The molecule has 0 unspecified atom stereocenters. The number of H-pyrrole nitrogens is 1. The minimum absolute atomic E-state index is 0.106. The third-order valence-corrected chi connectivity index (χ3v) is 6.68. The molecule has 0 saturated carbocycles. The summed E-state index contributed by atoms with van der Waals surface area (Å²) in [5.74, 6) is -1.93. The predicted octanol–water partition coefficient (Wildman–Crippen LogP) is 4.92. The van der Waals surface area contributed by atoms with Crippen LogP contribution in [0.5, 0.6) is 0 Å². The summed E-state index contributed by atoms with van der Waals surface area (Å²) in [5.41, 5.74) is -3.19. The molecule has 35 heavy (non-hydrogen) atoms. The van der Waals surface area contributed by atoms with Crippen molar-refractivity contribution in [3.8, 4) is 0 Å². The number of sulfonamides is 1. The molecule has 0 bridgehead atoms. The normalized spacial score (nSPS) is 12.2. The molecule has 1 aromatic carbocycles. The van der Waals surface area contributed by atoms with Gasteiger partial charge in [0.1, 0.15) is 5.69 Å². The van der Waals surface area contributed by atoms with Gasteiger partial charge in [0.25, 0.3) is 10.0 Å². The highest BCUT2D eigenvalue weighted by molar-refractivity contribution is 7.92. The Morgan fingerprint density at radius 1 is 1.06 bits per heavy atom. The predicted molar refractivity (Wildman–Crippen MR) is 120 cm³/mol. The third kappa shape index (κ3) is 4.85.